The van der Waals surface area contributed by atoms with E-state index in [4.69, 9.17) is 0 Å². The maximum absolute atomic E-state index is 13.2. The number of para-hydroxylation sites is 2. The van der Waals surface area contributed by atoms with E-state index < -0.39 is 0 Å². The van der Waals surface area contributed by atoms with E-state index in [1.165, 1.54) is 12.1 Å². The van der Waals surface area contributed by atoms with Crippen LogP contribution in [0, 0.1) is 11.7 Å². The number of amides is 1. The minimum absolute atomic E-state index is 0.0255. The summed E-state index contributed by atoms with van der Waals surface area (Å²) in [5, 5.41) is 0. The Hall–Kier alpha value is -3.42. The number of benzene rings is 2. The highest BCUT2D eigenvalue weighted by molar-refractivity contribution is 5.80. The Bertz CT molecular complexity index is 1230. The summed E-state index contributed by atoms with van der Waals surface area (Å²) in [6.07, 6.45) is 1.44. The standard InChI is InChI=1S/C26H30FN5O2/c1-2-32-23-6-4-3-5-22(23)28-24(26(32)34)30-13-11-19(12-14-30)25(33)31-17-15-29(16-18-31)21-9-7-20(27)8-10-21/h3-10,19H,2,11-18H2,1H3. The van der Waals surface area contributed by atoms with E-state index in [1.54, 1.807) is 16.7 Å². The lowest BCUT2D eigenvalue weighted by Crippen LogP contribution is -2.52. The molecule has 2 fully saturated rings. The molecule has 2 saturated heterocycles. The molecule has 0 atom stereocenters. The lowest BCUT2D eigenvalue weighted by atomic mass is 9.95. The summed E-state index contributed by atoms with van der Waals surface area (Å²) < 4.78 is 15.0. The molecule has 2 aromatic carbocycles. The van der Waals surface area contributed by atoms with E-state index in [2.05, 4.69) is 9.88 Å². The smallest absolute Gasteiger partial charge is 0.293 e. The third-order valence-electron chi connectivity index (χ3n) is 7.08. The molecule has 1 amide bonds. The molecule has 5 rings (SSSR count). The van der Waals surface area contributed by atoms with Gasteiger partial charge in [0.1, 0.15) is 5.82 Å². The lowest BCUT2D eigenvalue weighted by molar-refractivity contribution is -0.136. The van der Waals surface area contributed by atoms with Crippen molar-refractivity contribution in [1.29, 1.82) is 0 Å². The molecule has 1 aromatic heterocycles. The number of fused-ring (bicyclic) bond motifs is 1. The van der Waals surface area contributed by atoms with Gasteiger partial charge in [-0.25, -0.2) is 9.37 Å². The average Bonchev–Trinajstić information content (AvgIpc) is 2.89. The van der Waals surface area contributed by atoms with Crippen LogP contribution in [0.25, 0.3) is 11.0 Å². The highest BCUT2D eigenvalue weighted by Gasteiger charge is 2.31. The zero-order chi connectivity index (χ0) is 23.7. The van der Waals surface area contributed by atoms with Crippen molar-refractivity contribution < 1.29 is 9.18 Å². The molecule has 8 heteroatoms. The number of aryl methyl sites for hydroxylation is 1. The van der Waals surface area contributed by atoms with E-state index in [1.807, 2.05) is 41.0 Å². The van der Waals surface area contributed by atoms with Gasteiger partial charge in [0.05, 0.1) is 11.0 Å². The van der Waals surface area contributed by atoms with Crippen molar-refractivity contribution >= 4 is 28.4 Å². The van der Waals surface area contributed by atoms with Gasteiger partial charge in [0.25, 0.3) is 5.56 Å². The molecule has 2 aliphatic rings. The summed E-state index contributed by atoms with van der Waals surface area (Å²) in [5.41, 5.74) is 2.59. The first-order valence-electron chi connectivity index (χ1n) is 12.1. The van der Waals surface area contributed by atoms with Gasteiger partial charge < -0.3 is 19.3 Å². The highest BCUT2D eigenvalue weighted by atomic mass is 19.1. The van der Waals surface area contributed by atoms with Gasteiger partial charge in [0.15, 0.2) is 5.82 Å². The van der Waals surface area contributed by atoms with Gasteiger partial charge in [-0.15, -0.1) is 0 Å². The summed E-state index contributed by atoms with van der Waals surface area (Å²) in [4.78, 5) is 37.1. The third kappa shape index (κ3) is 4.24. The van der Waals surface area contributed by atoms with Gasteiger partial charge in [0.2, 0.25) is 5.91 Å². The van der Waals surface area contributed by atoms with Crippen LogP contribution in [0.15, 0.2) is 53.3 Å². The van der Waals surface area contributed by atoms with Crippen molar-refractivity contribution in [1.82, 2.24) is 14.5 Å². The van der Waals surface area contributed by atoms with Crippen LogP contribution in [-0.4, -0.2) is 59.6 Å². The third-order valence-corrected chi connectivity index (χ3v) is 7.08. The monoisotopic (exact) mass is 463 g/mol. The molecule has 0 aliphatic carbocycles. The zero-order valence-electron chi connectivity index (χ0n) is 19.5. The first-order chi connectivity index (χ1) is 16.5. The Morgan fingerprint density at radius 1 is 0.941 bits per heavy atom. The number of carbonyl (C=O) groups excluding carboxylic acids is 1. The quantitative estimate of drug-likeness (QED) is 0.595. The Balaban J connectivity index is 1.21. The second-order valence-electron chi connectivity index (χ2n) is 9.02. The fraction of sp³-hybridized carbons (Fsp3) is 0.423. The average molecular weight is 464 g/mol. The molecular formula is C26H30FN5O2. The van der Waals surface area contributed by atoms with Gasteiger partial charge in [-0.05, 0) is 56.2 Å². The van der Waals surface area contributed by atoms with Gasteiger partial charge in [0, 0.05) is 57.4 Å². The predicted molar refractivity (Wildman–Crippen MR) is 132 cm³/mol. The summed E-state index contributed by atoms with van der Waals surface area (Å²) in [6.45, 7) is 6.69. The Labute approximate surface area is 198 Å². The SMILES string of the molecule is CCn1c(=O)c(N2CCC(C(=O)N3CCN(c4ccc(F)cc4)CC3)CC2)nc2ccccc21. The van der Waals surface area contributed by atoms with Crippen LogP contribution in [0.5, 0.6) is 0 Å². The molecule has 34 heavy (non-hydrogen) atoms. The zero-order valence-corrected chi connectivity index (χ0v) is 19.5. The van der Waals surface area contributed by atoms with Crippen molar-refractivity contribution in [2.75, 3.05) is 49.1 Å². The second-order valence-corrected chi connectivity index (χ2v) is 9.02. The molecule has 0 bridgehead atoms. The highest BCUT2D eigenvalue weighted by Crippen LogP contribution is 2.25. The van der Waals surface area contributed by atoms with Crippen LogP contribution in [-0.2, 0) is 11.3 Å². The number of hydrogen-bond acceptors (Lipinski definition) is 5. The molecule has 7 nitrogen and oxygen atoms in total. The number of halogens is 1. The molecule has 3 aromatic rings. The summed E-state index contributed by atoms with van der Waals surface area (Å²) in [7, 11) is 0. The van der Waals surface area contributed by atoms with E-state index in [0.29, 0.717) is 38.5 Å². The molecule has 0 radical (unpaired) electrons. The molecule has 3 heterocycles. The van der Waals surface area contributed by atoms with Crippen LogP contribution in [0.2, 0.25) is 0 Å². The minimum Gasteiger partial charge on any atom is -0.368 e. The minimum atomic E-state index is -0.239. The van der Waals surface area contributed by atoms with Crippen molar-refractivity contribution in [2.24, 2.45) is 5.92 Å². The topological polar surface area (TPSA) is 61.7 Å². The number of anilines is 2. The van der Waals surface area contributed by atoms with Gasteiger partial charge in [-0.3, -0.25) is 9.59 Å². The van der Waals surface area contributed by atoms with Crippen molar-refractivity contribution in [3.63, 3.8) is 0 Å². The van der Waals surface area contributed by atoms with Crippen LogP contribution in [0.1, 0.15) is 19.8 Å². The molecule has 178 valence electrons. The summed E-state index contributed by atoms with van der Waals surface area (Å²) in [5.74, 6) is 0.425. The Morgan fingerprint density at radius 3 is 2.29 bits per heavy atom. The van der Waals surface area contributed by atoms with Gasteiger partial charge in [-0.2, -0.15) is 0 Å². The van der Waals surface area contributed by atoms with Crippen molar-refractivity contribution in [3.05, 3.63) is 64.7 Å². The van der Waals surface area contributed by atoms with E-state index in [-0.39, 0.29) is 23.2 Å². The normalized spacial score (nSPS) is 17.4. The van der Waals surface area contributed by atoms with E-state index >= 15 is 0 Å². The van der Waals surface area contributed by atoms with Crippen LogP contribution in [0.3, 0.4) is 0 Å². The molecule has 2 aliphatic heterocycles. The van der Waals surface area contributed by atoms with Crippen LogP contribution >= 0.6 is 0 Å². The number of nitrogens with zero attached hydrogens (tertiary/aromatic N) is 5. The fourth-order valence-electron chi connectivity index (χ4n) is 5.13. The Kier molecular flexibility index (Phi) is 6.22. The largest absolute Gasteiger partial charge is 0.368 e. The van der Waals surface area contributed by atoms with Crippen molar-refractivity contribution in [3.8, 4) is 0 Å². The molecule has 0 saturated carbocycles. The number of piperazine rings is 1. The maximum Gasteiger partial charge on any atom is 0.293 e. The number of piperidine rings is 1. The number of carbonyl (C=O) groups is 1. The van der Waals surface area contributed by atoms with E-state index in [9.17, 15) is 14.0 Å². The summed E-state index contributed by atoms with van der Waals surface area (Å²) in [6, 6.07) is 14.2. The summed E-state index contributed by atoms with van der Waals surface area (Å²) >= 11 is 0. The second kappa shape index (κ2) is 9.44. The lowest BCUT2D eigenvalue weighted by Gasteiger charge is -2.39. The van der Waals surface area contributed by atoms with Gasteiger partial charge >= 0.3 is 0 Å². The first-order valence-corrected chi connectivity index (χ1v) is 12.1. The Morgan fingerprint density at radius 2 is 1.62 bits per heavy atom. The molecule has 0 spiro atoms. The fourth-order valence-corrected chi connectivity index (χ4v) is 5.13. The van der Waals surface area contributed by atoms with E-state index in [0.717, 1.165) is 42.7 Å². The number of aromatic nitrogens is 2. The van der Waals surface area contributed by atoms with Crippen LogP contribution in [0.4, 0.5) is 15.9 Å². The number of rotatable bonds is 4. The molecule has 0 unspecified atom stereocenters. The van der Waals surface area contributed by atoms with Gasteiger partial charge in [-0.1, -0.05) is 12.1 Å². The predicted octanol–water partition coefficient (Wildman–Crippen LogP) is 3.12. The first kappa shape index (κ1) is 22.4. The van der Waals surface area contributed by atoms with Crippen LogP contribution < -0.4 is 15.4 Å². The maximum atomic E-state index is 13.2. The molecule has 0 N–H and O–H groups in total. The van der Waals surface area contributed by atoms with Crippen molar-refractivity contribution in [2.45, 2.75) is 26.3 Å². The number of hydrogen-bond donors (Lipinski definition) is 0. The molecular weight excluding hydrogens is 433 g/mol.